The van der Waals surface area contributed by atoms with Gasteiger partial charge in [-0.15, -0.1) is 6.58 Å². The van der Waals surface area contributed by atoms with Crippen molar-refractivity contribution in [2.45, 2.75) is 57.4 Å². The van der Waals surface area contributed by atoms with Gasteiger partial charge < -0.3 is 10.1 Å². The molecule has 102 valence electrons. The van der Waals surface area contributed by atoms with E-state index < -0.39 is 0 Å². The van der Waals surface area contributed by atoms with Gasteiger partial charge in [0.2, 0.25) is 5.91 Å². The Balaban J connectivity index is 2.63. The fourth-order valence-electron chi connectivity index (χ4n) is 2.48. The van der Waals surface area contributed by atoms with Gasteiger partial charge in [-0.1, -0.05) is 31.4 Å². The molecular weight excluding hydrogens is 226 g/mol. The molecule has 3 heteroatoms. The van der Waals surface area contributed by atoms with Gasteiger partial charge in [0.1, 0.15) is 5.76 Å². The summed E-state index contributed by atoms with van der Waals surface area (Å²) in [7, 11) is 1.62. The minimum atomic E-state index is -0.348. The molecule has 0 radical (unpaired) electrons. The number of hydrogen-bond donors (Lipinski definition) is 1. The third-order valence-corrected chi connectivity index (χ3v) is 3.64. The number of hydrogen-bond acceptors (Lipinski definition) is 2. The highest BCUT2D eigenvalue weighted by Gasteiger charge is 2.37. The van der Waals surface area contributed by atoms with Crippen LogP contribution in [0, 0.1) is 0 Å². The van der Waals surface area contributed by atoms with Crippen LogP contribution >= 0.6 is 0 Å². The van der Waals surface area contributed by atoms with Gasteiger partial charge in [-0.05, 0) is 26.2 Å². The monoisotopic (exact) mass is 251 g/mol. The maximum atomic E-state index is 12.0. The van der Waals surface area contributed by atoms with Crippen molar-refractivity contribution in [3.05, 3.63) is 24.5 Å². The number of nitrogens with one attached hydrogen (secondary N) is 1. The molecule has 0 bridgehead atoms. The largest absolute Gasteiger partial charge is 0.499 e. The average Bonchev–Trinajstić information content (AvgIpc) is 2.36. The Hall–Kier alpha value is -1.25. The predicted molar refractivity (Wildman–Crippen MR) is 74.2 cm³/mol. The normalized spacial score (nSPS) is 17.9. The zero-order valence-electron chi connectivity index (χ0n) is 11.7. The summed E-state index contributed by atoms with van der Waals surface area (Å²) in [6, 6.07) is 0. The van der Waals surface area contributed by atoms with Gasteiger partial charge in [-0.3, -0.25) is 4.79 Å². The van der Waals surface area contributed by atoms with Crippen LogP contribution < -0.4 is 5.32 Å². The minimum Gasteiger partial charge on any atom is -0.499 e. The molecule has 0 aromatic heterocycles. The van der Waals surface area contributed by atoms with E-state index in [1.807, 2.05) is 6.92 Å². The van der Waals surface area contributed by atoms with Crippen molar-refractivity contribution < 1.29 is 9.53 Å². The van der Waals surface area contributed by atoms with Gasteiger partial charge in [0, 0.05) is 6.42 Å². The molecule has 0 spiro atoms. The maximum absolute atomic E-state index is 12.0. The van der Waals surface area contributed by atoms with Gasteiger partial charge in [0.05, 0.1) is 12.6 Å². The van der Waals surface area contributed by atoms with Crippen molar-refractivity contribution in [3.63, 3.8) is 0 Å². The quantitative estimate of drug-likeness (QED) is 0.581. The molecule has 0 heterocycles. The van der Waals surface area contributed by atoms with Crippen LogP contribution in [0.2, 0.25) is 0 Å². The highest BCUT2D eigenvalue weighted by Crippen LogP contribution is 2.34. The maximum Gasteiger partial charge on any atom is 0.221 e. The third-order valence-electron chi connectivity index (χ3n) is 3.64. The summed E-state index contributed by atoms with van der Waals surface area (Å²) in [5.41, 5.74) is 0.688. The molecule has 18 heavy (non-hydrogen) atoms. The Labute approximate surface area is 110 Å². The lowest BCUT2D eigenvalue weighted by Crippen LogP contribution is -2.51. The van der Waals surface area contributed by atoms with Crippen molar-refractivity contribution in [1.29, 1.82) is 0 Å². The van der Waals surface area contributed by atoms with Crippen LogP contribution in [0.5, 0.6) is 0 Å². The summed E-state index contributed by atoms with van der Waals surface area (Å²) in [6.45, 7) is 9.73. The lowest BCUT2D eigenvalue weighted by atomic mass is 9.80. The molecule has 0 aliphatic heterocycles. The first-order valence-electron chi connectivity index (χ1n) is 6.69. The summed E-state index contributed by atoms with van der Waals surface area (Å²) in [5, 5.41) is 3.13. The summed E-state index contributed by atoms with van der Waals surface area (Å²) in [4.78, 5) is 12.0. The second-order valence-electron chi connectivity index (χ2n) is 5.28. The Morgan fingerprint density at radius 1 is 1.22 bits per heavy atom. The van der Waals surface area contributed by atoms with Gasteiger partial charge >= 0.3 is 0 Å². The first kappa shape index (κ1) is 14.8. The third kappa shape index (κ3) is 3.90. The Morgan fingerprint density at radius 2 is 1.83 bits per heavy atom. The van der Waals surface area contributed by atoms with Crippen molar-refractivity contribution in [2.75, 3.05) is 7.11 Å². The molecule has 1 amide bonds. The molecular formula is C15H25NO2. The molecule has 0 aromatic carbocycles. The molecule has 1 saturated carbocycles. The number of carbonyl (C=O) groups is 1. The van der Waals surface area contributed by atoms with E-state index in [2.05, 4.69) is 18.5 Å². The van der Waals surface area contributed by atoms with E-state index in [-0.39, 0.29) is 11.4 Å². The molecule has 1 aliphatic carbocycles. The van der Waals surface area contributed by atoms with Gasteiger partial charge in [0.25, 0.3) is 0 Å². The Morgan fingerprint density at radius 3 is 2.33 bits per heavy atom. The highest BCUT2D eigenvalue weighted by molar-refractivity contribution is 5.77. The fourth-order valence-corrected chi connectivity index (χ4v) is 2.48. The molecule has 0 unspecified atom stereocenters. The first-order valence-corrected chi connectivity index (χ1v) is 6.69. The van der Waals surface area contributed by atoms with Gasteiger partial charge in [-0.2, -0.15) is 0 Å². The van der Waals surface area contributed by atoms with Crippen LogP contribution in [0.4, 0.5) is 0 Å². The summed E-state index contributed by atoms with van der Waals surface area (Å²) < 4.78 is 5.29. The number of allylic oxidation sites excluding steroid dienone is 1. The molecule has 0 atom stereocenters. The Bertz CT molecular complexity index is 327. The second kappa shape index (κ2) is 6.62. The average molecular weight is 251 g/mol. The van der Waals surface area contributed by atoms with E-state index in [0.29, 0.717) is 12.2 Å². The van der Waals surface area contributed by atoms with E-state index in [1.54, 1.807) is 7.11 Å². The van der Waals surface area contributed by atoms with Crippen molar-refractivity contribution in [3.8, 4) is 0 Å². The van der Waals surface area contributed by atoms with Crippen LogP contribution in [-0.4, -0.2) is 18.6 Å². The van der Waals surface area contributed by atoms with Crippen LogP contribution in [0.1, 0.15) is 51.9 Å². The van der Waals surface area contributed by atoms with E-state index in [1.165, 1.54) is 6.42 Å². The van der Waals surface area contributed by atoms with Crippen molar-refractivity contribution >= 4 is 5.91 Å². The number of ether oxygens (including phenoxy) is 1. The first-order chi connectivity index (χ1) is 8.50. The lowest BCUT2D eigenvalue weighted by Gasteiger charge is -2.38. The van der Waals surface area contributed by atoms with Crippen LogP contribution in [0.15, 0.2) is 24.5 Å². The number of amides is 1. The number of carbonyl (C=O) groups excluding carboxylic acids is 1. The summed E-state index contributed by atoms with van der Waals surface area (Å²) in [5.74, 6) is 0.754. The number of methoxy groups -OCH3 is 1. The van der Waals surface area contributed by atoms with Crippen molar-refractivity contribution in [2.24, 2.45) is 0 Å². The van der Waals surface area contributed by atoms with Crippen molar-refractivity contribution in [1.82, 2.24) is 5.32 Å². The predicted octanol–water partition coefficient (Wildman–Crippen LogP) is 3.32. The van der Waals surface area contributed by atoms with E-state index in [0.717, 1.165) is 37.7 Å². The zero-order chi connectivity index (χ0) is 13.6. The highest BCUT2D eigenvalue weighted by atomic mass is 16.5. The molecule has 1 aliphatic rings. The van der Waals surface area contributed by atoms with Gasteiger partial charge in [0.15, 0.2) is 0 Å². The molecule has 0 aromatic rings. The molecule has 0 saturated heterocycles. The molecule has 1 rings (SSSR count). The fraction of sp³-hybridized carbons (Fsp3) is 0.667. The van der Waals surface area contributed by atoms with Crippen LogP contribution in [0.25, 0.3) is 0 Å². The van der Waals surface area contributed by atoms with E-state index >= 15 is 0 Å². The minimum absolute atomic E-state index is 0.0677. The Kier molecular flexibility index (Phi) is 5.45. The standard InChI is InChI=1S/C15H25NO2/c1-12(2)8-9-14(17)16-15(13(3)18-4)10-6-5-7-11-15/h1,3,5-11H2,2,4H3,(H,16,17). The second-order valence-corrected chi connectivity index (χ2v) is 5.28. The molecule has 1 N–H and O–H groups in total. The van der Waals surface area contributed by atoms with Crippen LogP contribution in [0.3, 0.4) is 0 Å². The topological polar surface area (TPSA) is 38.3 Å². The lowest BCUT2D eigenvalue weighted by molar-refractivity contribution is -0.123. The summed E-state index contributed by atoms with van der Waals surface area (Å²) >= 11 is 0. The van der Waals surface area contributed by atoms with E-state index in [9.17, 15) is 4.79 Å². The molecule has 1 fully saturated rings. The van der Waals surface area contributed by atoms with Crippen LogP contribution in [-0.2, 0) is 9.53 Å². The van der Waals surface area contributed by atoms with Gasteiger partial charge in [-0.25, -0.2) is 0 Å². The summed E-state index contributed by atoms with van der Waals surface area (Å²) in [6.07, 6.45) is 6.54. The smallest absolute Gasteiger partial charge is 0.221 e. The SMILES string of the molecule is C=C(C)CCC(=O)NC1(C(=C)OC)CCCCC1. The van der Waals surface area contributed by atoms with E-state index in [4.69, 9.17) is 4.74 Å². The molecule has 3 nitrogen and oxygen atoms in total. The number of rotatable bonds is 6. The zero-order valence-corrected chi connectivity index (χ0v) is 11.7.